The van der Waals surface area contributed by atoms with Crippen LogP contribution in [0.15, 0.2) is 30.6 Å². The molecule has 6 nitrogen and oxygen atoms in total. The molecule has 1 heterocycles. The Morgan fingerprint density at radius 2 is 1.95 bits per heavy atom. The first-order valence-corrected chi connectivity index (χ1v) is 7.53. The summed E-state index contributed by atoms with van der Waals surface area (Å²) in [6.45, 7) is 0.840. The maximum Gasteiger partial charge on any atom is 0.269 e. The summed E-state index contributed by atoms with van der Waals surface area (Å²) in [5.74, 6) is 0.598. The van der Waals surface area contributed by atoms with E-state index < -0.39 is 4.92 Å². The number of non-ortho nitro benzene ring substituents is 1. The lowest BCUT2D eigenvalue weighted by molar-refractivity contribution is -0.384. The molecule has 2 rings (SSSR count). The summed E-state index contributed by atoms with van der Waals surface area (Å²) in [7, 11) is 0. The van der Waals surface area contributed by atoms with Crippen molar-refractivity contribution in [2.45, 2.75) is 25.8 Å². The highest BCUT2D eigenvalue weighted by Gasteiger charge is 2.08. The molecule has 106 valence electrons. The van der Waals surface area contributed by atoms with Crippen molar-refractivity contribution in [1.82, 2.24) is 14.8 Å². The molecule has 0 saturated heterocycles. The molecule has 2 aromatic rings. The summed E-state index contributed by atoms with van der Waals surface area (Å²) in [4.78, 5) is 14.4. The van der Waals surface area contributed by atoms with Crippen LogP contribution in [-0.2, 0) is 6.54 Å². The van der Waals surface area contributed by atoms with E-state index in [1.54, 1.807) is 18.5 Å². The first-order valence-electron chi connectivity index (χ1n) is 6.41. The number of nitro benzene ring substituents is 1. The van der Waals surface area contributed by atoms with Crippen LogP contribution in [0.4, 0.5) is 5.69 Å². The fraction of sp³-hybridized carbons (Fsp3) is 0.385. The molecular weight excluding hydrogens is 324 g/mol. The van der Waals surface area contributed by atoms with E-state index in [2.05, 4.69) is 26.0 Å². The lowest BCUT2D eigenvalue weighted by Gasteiger charge is -1.99. The van der Waals surface area contributed by atoms with Gasteiger partial charge >= 0.3 is 0 Å². The van der Waals surface area contributed by atoms with Crippen molar-refractivity contribution in [2.75, 3.05) is 5.33 Å². The molecule has 7 heteroatoms. The molecule has 0 aliphatic carbocycles. The van der Waals surface area contributed by atoms with Gasteiger partial charge in [0.25, 0.3) is 5.69 Å². The van der Waals surface area contributed by atoms with Crippen LogP contribution in [0.2, 0.25) is 0 Å². The van der Waals surface area contributed by atoms with Crippen LogP contribution in [0.3, 0.4) is 0 Å². The van der Waals surface area contributed by atoms with E-state index in [0.29, 0.717) is 5.82 Å². The van der Waals surface area contributed by atoms with Crippen LogP contribution in [-0.4, -0.2) is 25.0 Å². The summed E-state index contributed by atoms with van der Waals surface area (Å²) in [5, 5.41) is 16.0. The Morgan fingerprint density at radius 3 is 2.60 bits per heavy atom. The number of hydrogen-bond acceptors (Lipinski definition) is 4. The fourth-order valence-electron chi connectivity index (χ4n) is 1.81. The number of nitro groups is 1. The Bertz CT molecular complexity index is 568. The Hall–Kier alpha value is -1.76. The SMILES string of the molecule is O=[N+]([O-])c1ccc(-c2ncn(CCCCCBr)n2)cc1. The Kier molecular flexibility index (Phi) is 5.23. The second kappa shape index (κ2) is 7.14. The quantitative estimate of drug-likeness (QED) is 0.335. The van der Waals surface area contributed by atoms with E-state index >= 15 is 0 Å². The molecule has 0 atom stereocenters. The Balaban J connectivity index is 1.99. The van der Waals surface area contributed by atoms with Crippen molar-refractivity contribution in [1.29, 1.82) is 0 Å². The molecule has 0 spiro atoms. The van der Waals surface area contributed by atoms with Gasteiger partial charge in [-0.15, -0.1) is 0 Å². The molecule has 0 aliphatic heterocycles. The van der Waals surface area contributed by atoms with Gasteiger partial charge in [-0.2, -0.15) is 5.10 Å². The van der Waals surface area contributed by atoms with Crippen molar-refractivity contribution in [2.24, 2.45) is 0 Å². The zero-order valence-corrected chi connectivity index (χ0v) is 12.5. The van der Waals surface area contributed by atoms with Crippen LogP contribution < -0.4 is 0 Å². The number of aryl methyl sites for hydroxylation is 1. The number of alkyl halides is 1. The van der Waals surface area contributed by atoms with E-state index in [4.69, 9.17) is 0 Å². The third kappa shape index (κ3) is 3.86. The number of rotatable bonds is 7. The van der Waals surface area contributed by atoms with Crippen molar-refractivity contribution >= 4 is 21.6 Å². The smallest absolute Gasteiger partial charge is 0.258 e. The van der Waals surface area contributed by atoms with E-state index in [-0.39, 0.29) is 5.69 Å². The molecule has 0 N–H and O–H groups in total. The lowest BCUT2D eigenvalue weighted by atomic mass is 10.2. The number of unbranched alkanes of at least 4 members (excludes halogenated alkanes) is 2. The Morgan fingerprint density at radius 1 is 1.20 bits per heavy atom. The van der Waals surface area contributed by atoms with E-state index in [9.17, 15) is 10.1 Å². The van der Waals surface area contributed by atoms with Gasteiger partial charge in [0.15, 0.2) is 5.82 Å². The molecule has 0 unspecified atom stereocenters. The van der Waals surface area contributed by atoms with Crippen molar-refractivity contribution in [3.8, 4) is 11.4 Å². The minimum absolute atomic E-state index is 0.0722. The van der Waals surface area contributed by atoms with Crippen LogP contribution in [0.1, 0.15) is 19.3 Å². The fourth-order valence-corrected chi connectivity index (χ4v) is 2.21. The molecule has 20 heavy (non-hydrogen) atoms. The highest BCUT2D eigenvalue weighted by Crippen LogP contribution is 2.18. The van der Waals surface area contributed by atoms with Gasteiger partial charge in [-0.3, -0.25) is 14.8 Å². The largest absolute Gasteiger partial charge is 0.269 e. The molecule has 0 radical (unpaired) electrons. The summed E-state index contributed by atoms with van der Waals surface area (Å²) < 4.78 is 1.81. The number of aromatic nitrogens is 3. The van der Waals surface area contributed by atoms with Gasteiger partial charge in [0.2, 0.25) is 0 Å². The minimum atomic E-state index is -0.417. The van der Waals surface area contributed by atoms with Gasteiger partial charge in [0.1, 0.15) is 6.33 Å². The number of hydrogen-bond donors (Lipinski definition) is 0. The van der Waals surface area contributed by atoms with Crippen LogP contribution in [0, 0.1) is 10.1 Å². The number of nitrogens with zero attached hydrogens (tertiary/aromatic N) is 4. The van der Waals surface area contributed by atoms with Gasteiger partial charge in [-0.1, -0.05) is 22.4 Å². The number of halogens is 1. The van der Waals surface area contributed by atoms with Crippen LogP contribution in [0.25, 0.3) is 11.4 Å². The zero-order chi connectivity index (χ0) is 14.4. The second-order valence-electron chi connectivity index (χ2n) is 4.38. The van der Waals surface area contributed by atoms with E-state index in [0.717, 1.165) is 36.7 Å². The van der Waals surface area contributed by atoms with E-state index in [1.807, 2.05) is 4.68 Å². The minimum Gasteiger partial charge on any atom is -0.258 e. The molecule has 0 saturated carbocycles. The first-order chi connectivity index (χ1) is 9.70. The zero-order valence-electron chi connectivity index (χ0n) is 10.9. The van der Waals surface area contributed by atoms with Crippen LogP contribution >= 0.6 is 15.9 Å². The van der Waals surface area contributed by atoms with Crippen molar-refractivity contribution < 1.29 is 4.92 Å². The van der Waals surface area contributed by atoms with Gasteiger partial charge < -0.3 is 0 Å². The average Bonchev–Trinajstić information content (AvgIpc) is 2.92. The van der Waals surface area contributed by atoms with E-state index in [1.165, 1.54) is 12.1 Å². The molecule has 0 aliphatic rings. The Labute approximate surface area is 125 Å². The predicted octanol–water partition coefficient (Wildman–Crippen LogP) is 3.42. The maximum absolute atomic E-state index is 10.6. The lowest BCUT2D eigenvalue weighted by Crippen LogP contribution is -1.99. The molecule has 1 aromatic carbocycles. The summed E-state index contributed by atoms with van der Waals surface area (Å²) in [5.41, 5.74) is 0.859. The monoisotopic (exact) mass is 338 g/mol. The van der Waals surface area contributed by atoms with Gasteiger partial charge in [0, 0.05) is 29.6 Å². The van der Waals surface area contributed by atoms with Crippen LogP contribution in [0.5, 0.6) is 0 Å². The van der Waals surface area contributed by atoms with Gasteiger partial charge in [0.05, 0.1) is 4.92 Å². The van der Waals surface area contributed by atoms with Gasteiger partial charge in [-0.05, 0) is 25.0 Å². The highest BCUT2D eigenvalue weighted by atomic mass is 79.9. The molecule has 1 aromatic heterocycles. The summed E-state index contributed by atoms with van der Waals surface area (Å²) >= 11 is 3.40. The standard InChI is InChI=1S/C13H15BrN4O2/c14-8-2-1-3-9-17-10-15-13(16-17)11-4-6-12(7-5-11)18(19)20/h4-7,10H,1-3,8-9H2. The van der Waals surface area contributed by atoms with Gasteiger partial charge in [-0.25, -0.2) is 4.98 Å². The first kappa shape index (κ1) is 14.6. The molecular formula is C13H15BrN4O2. The molecule has 0 fully saturated rings. The molecule has 0 amide bonds. The maximum atomic E-state index is 10.6. The predicted molar refractivity (Wildman–Crippen MR) is 79.8 cm³/mol. The third-order valence-corrected chi connectivity index (χ3v) is 3.45. The third-order valence-electron chi connectivity index (χ3n) is 2.89. The van der Waals surface area contributed by atoms with Crippen molar-refractivity contribution in [3.63, 3.8) is 0 Å². The topological polar surface area (TPSA) is 73.8 Å². The second-order valence-corrected chi connectivity index (χ2v) is 5.18. The van der Waals surface area contributed by atoms with Crippen molar-refractivity contribution in [3.05, 3.63) is 40.7 Å². The normalized spacial score (nSPS) is 10.7. The summed E-state index contributed by atoms with van der Waals surface area (Å²) in [6, 6.07) is 6.27. The highest BCUT2D eigenvalue weighted by molar-refractivity contribution is 9.09. The average molecular weight is 339 g/mol. The molecule has 0 bridgehead atoms. The number of benzene rings is 1. The summed E-state index contributed by atoms with van der Waals surface area (Å²) in [6.07, 6.45) is 5.07.